The van der Waals surface area contributed by atoms with Gasteiger partial charge in [-0.05, 0) is 30.7 Å². The van der Waals surface area contributed by atoms with Gasteiger partial charge in [-0.1, -0.05) is 0 Å². The van der Waals surface area contributed by atoms with Crippen molar-refractivity contribution < 1.29 is 9.85 Å². The first-order valence-electron chi connectivity index (χ1n) is 6.20. The molecule has 1 aliphatic rings. The molecule has 1 aromatic carbocycles. The normalized spacial score (nSPS) is 14.1. The van der Waals surface area contributed by atoms with E-state index >= 15 is 0 Å². The molecule has 0 aliphatic heterocycles. The largest absolute Gasteiger partial charge is 0.323 e. The van der Waals surface area contributed by atoms with Crippen molar-refractivity contribution in [2.24, 2.45) is 0 Å². The molecule has 0 radical (unpaired) electrons. The molecule has 9 heteroatoms. The van der Waals surface area contributed by atoms with Crippen molar-refractivity contribution in [2.75, 3.05) is 0 Å². The van der Waals surface area contributed by atoms with E-state index < -0.39 is 9.85 Å². The van der Waals surface area contributed by atoms with Crippen molar-refractivity contribution in [3.8, 4) is 0 Å². The minimum atomic E-state index is -0.646. The zero-order valence-corrected chi connectivity index (χ0v) is 11.5. The number of nitrogens with zero attached hydrogens (tertiary/aromatic N) is 4. The van der Waals surface area contributed by atoms with Crippen molar-refractivity contribution >= 4 is 23.1 Å². The van der Waals surface area contributed by atoms with Gasteiger partial charge in [0.2, 0.25) is 0 Å². The molecule has 0 N–H and O–H groups in total. The summed E-state index contributed by atoms with van der Waals surface area (Å²) in [6.07, 6.45) is 5.65. The third kappa shape index (κ3) is 2.72. The van der Waals surface area contributed by atoms with Gasteiger partial charge in [-0.3, -0.25) is 20.2 Å². The molecule has 3 rings (SSSR count). The van der Waals surface area contributed by atoms with Gasteiger partial charge in [0.25, 0.3) is 11.4 Å². The highest BCUT2D eigenvalue weighted by molar-refractivity contribution is 7.99. The molecule has 2 aromatic rings. The topological polar surface area (TPSA) is 104 Å². The van der Waals surface area contributed by atoms with Crippen molar-refractivity contribution in [2.45, 2.75) is 28.9 Å². The lowest BCUT2D eigenvalue weighted by molar-refractivity contribution is -0.396. The molecule has 1 heterocycles. The fourth-order valence-corrected chi connectivity index (χ4v) is 2.96. The van der Waals surface area contributed by atoms with E-state index in [1.54, 1.807) is 6.20 Å². The Labute approximate surface area is 123 Å². The summed E-state index contributed by atoms with van der Waals surface area (Å²) in [5.74, 6) is 0. The number of aromatic nitrogens is 2. The predicted octanol–water partition coefficient (Wildman–Crippen LogP) is 3.19. The summed E-state index contributed by atoms with van der Waals surface area (Å²) in [4.78, 5) is 25.1. The van der Waals surface area contributed by atoms with Gasteiger partial charge in [0.15, 0.2) is 5.16 Å². The first-order valence-corrected chi connectivity index (χ1v) is 7.01. The summed E-state index contributed by atoms with van der Waals surface area (Å²) in [5.41, 5.74) is -0.573. The second kappa shape index (κ2) is 5.17. The Morgan fingerprint density at radius 1 is 1.24 bits per heavy atom. The smallest absolute Gasteiger partial charge is 0.290 e. The fourth-order valence-electron chi connectivity index (χ4n) is 1.96. The Balaban J connectivity index is 1.95. The van der Waals surface area contributed by atoms with Crippen molar-refractivity contribution in [1.82, 2.24) is 9.55 Å². The highest BCUT2D eigenvalue weighted by Crippen LogP contribution is 2.41. The summed E-state index contributed by atoms with van der Waals surface area (Å²) in [6, 6.07) is 4.05. The number of hydrogen-bond donors (Lipinski definition) is 0. The number of rotatable bonds is 5. The highest BCUT2D eigenvalue weighted by Gasteiger charge is 2.27. The van der Waals surface area contributed by atoms with Crippen LogP contribution in [0.2, 0.25) is 0 Å². The van der Waals surface area contributed by atoms with Crippen molar-refractivity contribution in [1.29, 1.82) is 0 Å². The van der Waals surface area contributed by atoms with E-state index in [2.05, 4.69) is 4.98 Å². The van der Waals surface area contributed by atoms with Crippen LogP contribution in [0.25, 0.3) is 0 Å². The van der Waals surface area contributed by atoms with Gasteiger partial charge in [-0.15, -0.1) is 0 Å². The number of benzene rings is 1. The van der Waals surface area contributed by atoms with Gasteiger partial charge in [0.05, 0.1) is 20.8 Å². The predicted molar refractivity (Wildman–Crippen MR) is 74.4 cm³/mol. The molecular weight excluding hydrogens is 296 g/mol. The molecule has 1 saturated carbocycles. The average Bonchev–Trinajstić information content (AvgIpc) is 3.19. The van der Waals surface area contributed by atoms with Crippen molar-refractivity contribution in [3.05, 3.63) is 50.8 Å². The molecular formula is C12H10N4O4S. The Hall–Kier alpha value is -2.42. The maximum atomic E-state index is 11.1. The molecule has 1 aromatic heterocycles. The summed E-state index contributed by atoms with van der Waals surface area (Å²) >= 11 is 1.15. The number of non-ortho nitro benzene ring substituents is 1. The van der Waals surface area contributed by atoms with Crippen LogP contribution in [0, 0.1) is 20.2 Å². The lowest BCUT2D eigenvalue weighted by Gasteiger charge is -2.05. The second-order valence-corrected chi connectivity index (χ2v) is 5.63. The van der Waals surface area contributed by atoms with Gasteiger partial charge in [-0.25, -0.2) is 4.98 Å². The Morgan fingerprint density at radius 2 is 2.00 bits per heavy atom. The number of hydrogen-bond acceptors (Lipinski definition) is 6. The molecule has 0 unspecified atom stereocenters. The molecule has 21 heavy (non-hydrogen) atoms. The maximum Gasteiger partial charge on any atom is 0.290 e. The second-order valence-electron chi connectivity index (χ2n) is 4.62. The lowest BCUT2D eigenvalue weighted by Crippen LogP contribution is -1.97. The van der Waals surface area contributed by atoms with Gasteiger partial charge < -0.3 is 4.57 Å². The first-order chi connectivity index (χ1) is 10.1. The number of nitro groups is 2. The molecule has 1 fully saturated rings. The van der Waals surface area contributed by atoms with Gasteiger partial charge in [0.1, 0.15) is 0 Å². The van der Waals surface area contributed by atoms with Crippen LogP contribution in [0.3, 0.4) is 0 Å². The molecule has 0 saturated heterocycles. The molecule has 0 atom stereocenters. The molecule has 1 aliphatic carbocycles. The van der Waals surface area contributed by atoms with Crippen LogP contribution in [0.15, 0.2) is 40.6 Å². The van der Waals surface area contributed by atoms with Crippen LogP contribution < -0.4 is 0 Å². The monoisotopic (exact) mass is 306 g/mol. The SMILES string of the molecule is O=[N+]([O-])c1ccc(Sc2nccn2C2CC2)c([N+](=O)[O-])c1. The summed E-state index contributed by atoms with van der Waals surface area (Å²) in [6.45, 7) is 0. The maximum absolute atomic E-state index is 11.1. The molecule has 0 amide bonds. The molecule has 8 nitrogen and oxygen atoms in total. The third-order valence-electron chi connectivity index (χ3n) is 3.12. The van der Waals surface area contributed by atoms with E-state index in [9.17, 15) is 20.2 Å². The Kier molecular flexibility index (Phi) is 3.34. The van der Waals surface area contributed by atoms with E-state index in [0.717, 1.165) is 30.7 Å². The van der Waals surface area contributed by atoms with Crippen LogP contribution in [0.1, 0.15) is 18.9 Å². The average molecular weight is 306 g/mol. The van der Waals surface area contributed by atoms with E-state index in [-0.39, 0.29) is 11.4 Å². The standard InChI is InChI=1S/C12H10N4O4S/c17-15(18)9-3-4-11(10(7-9)16(19)20)21-12-13-5-6-14(12)8-1-2-8/h3-8H,1-2H2. The zero-order chi connectivity index (χ0) is 15.0. The lowest BCUT2D eigenvalue weighted by atomic mass is 10.3. The third-order valence-corrected chi connectivity index (χ3v) is 4.19. The quantitative estimate of drug-likeness (QED) is 0.620. The Morgan fingerprint density at radius 3 is 2.62 bits per heavy atom. The van der Waals surface area contributed by atoms with Gasteiger partial charge >= 0.3 is 0 Å². The van der Waals surface area contributed by atoms with E-state index in [1.807, 2.05) is 10.8 Å². The molecule has 0 bridgehead atoms. The van der Waals surface area contributed by atoms with Crippen LogP contribution >= 0.6 is 11.8 Å². The zero-order valence-electron chi connectivity index (χ0n) is 10.7. The van der Waals surface area contributed by atoms with E-state index in [4.69, 9.17) is 0 Å². The fraction of sp³-hybridized carbons (Fsp3) is 0.250. The van der Waals surface area contributed by atoms with Crippen LogP contribution in [0.5, 0.6) is 0 Å². The van der Waals surface area contributed by atoms with Crippen LogP contribution in [0.4, 0.5) is 11.4 Å². The molecule has 0 spiro atoms. The molecule has 108 valence electrons. The van der Waals surface area contributed by atoms with Crippen molar-refractivity contribution in [3.63, 3.8) is 0 Å². The highest BCUT2D eigenvalue weighted by atomic mass is 32.2. The van der Waals surface area contributed by atoms with Crippen LogP contribution in [-0.4, -0.2) is 19.4 Å². The summed E-state index contributed by atoms with van der Waals surface area (Å²) < 4.78 is 1.98. The number of imidazole rings is 1. The van der Waals surface area contributed by atoms with Gasteiger partial charge in [-0.2, -0.15) is 0 Å². The van der Waals surface area contributed by atoms with E-state index in [0.29, 0.717) is 16.1 Å². The van der Waals surface area contributed by atoms with Crippen LogP contribution in [-0.2, 0) is 0 Å². The summed E-state index contributed by atoms with van der Waals surface area (Å²) in [7, 11) is 0. The number of nitro benzene ring substituents is 2. The minimum absolute atomic E-state index is 0.278. The van der Waals surface area contributed by atoms with E-state index in [1.165, 1.54) is 12.1 Å². The summed E-state index contributed by atoms with van der Waals surface area (Å²) in [5, 5.41) is 22.5. The minimum Gasteiger partial charge on any atom is -0.323 e. The Bertz CT molecular complexity index is 726. The first kappa shape index (κ1) is 13.6. The van der Waals surface area contributed by atoms with Gasteiger partial charge in [0, 0.05) is 24.5 Å².